The standard InChI is InChI=1S/C23H25N3O3S/c1-29-21-12-6-5-11-20(21)23-22(24-13-14-25-23)19-10-7-15-26(16-19)30(27,28)17-18-8-3-2-4-9-18/h2-6,8-9,11-14,19H,7,10,15-17H2,1H3. The number of benzene rings is 2. The van der Waals surface area contributed by atoms with E-state index < -0.39 is 10.0 Å². The van der Waals surface area contributed by atoms with Crippen molar-refractivity contribution in [3.63, 3.8) is 0 Å². The number of nitrogens with zero attached hydrogens (tertiary/aromatic N) is 3. The maximum Gasteiger partial charge on any atom is 0.218 e. The van der Waals surface area contributed by atoms with Crippen LogP contribution in [-0.2, 0) is 15.8 Å². The Morgan fingerprint density at radius 1 is 1.03 bits per heavy atom. The zero-order chi connectivity index (χ0) is 21.0. The summed E-state index contributed by atoms with van der Waals surface area (Å²) in [5.41, 5.74) is 3.24. The van der Waals surface area contributed by atoms with Crippen LogP contribution in [0.5, 0.6) is 5.75 Å². The summed E-state index contributed by atoms with van der Waals surface area (Å²) in [6.07, 6.45) is 5.00. The van der Waals surface area contributed by atoms with Crippen molar-refractivity contribution in [2.45, 2.75) is 24.5 Å². The van der Waals surface area contributed by atoms with Crippen LogP contribution >= 0.6 is 0 Å². The summed E-state index contributed by atoms with van der Waals surface area (Å²) in [7, 11) is -1.77. The fraction of sp³-hybridized carbons (Fsp3) is 0.304. The molecule has 1 fully saturated rings. The number of ether oxygens (including phenoxy) is 1. The van der Waals surface area contributed by atoms with Gasteiger partial charge in [-0.05, 0) is 30.5 Å². The van der Waals surface area contributed by atoms with E-state index in [2.05, 4.69) is 9.97 Å². The van der Waals surface area contributed by atoms with Gasteiger partial charge in [-0.25, -0.2) is 12.7 Å². The van der Waals surface area contributed by atoms with Crippen molar-refractivity contribution >= 4 is 10.0 Å². The molecule has 1 atom stereocenters. The zero-order valence-electron chi connectivity index (χ0n) is 16.9. The largest absolute Gasteiger partial charge is 0.496 e. The molecule has 0 N–H and O–H groups in total. The third-order valence-electron chi connectivity index (χ3n) is 5.44. The van der Waals surface area contributed by atoms with Gasteiger partial charge in [-0.2, -0.15) is 0 Å². The first-order valence-corrected chi connectivity index (χ1v) is 11.7. The molecule has 3 aromatic rings. The molecular formula is C23H25N3O3S. The van der Waals surface area contributed by atoms with Crippen molar-refractivity contribution in [2.75, 3.05) is 20.2 Å². The van der Waals surface area contributed by atoms with Crippen molar-refractivity contribution in [3.05, 3.63) is 78.2 Å². The van der Waals surface area contributed by atoms with Gasteiger partial charge in [0, 0.05) is 37.0 Å². The predicted octanol–water partition coefficient (Wildman–Crippen LogP) is 3.86. The van der Waals surface area contributed by atoms with E-state index in [-0.39, 0.29) is 11.7 Å². The number of para-hydroxylation sites is 1. The Balaban J connectivity index is 1.62. The van der Waals surface area contributed by atoms with Crippen molar-refractivity contribution in [1.82, 2.24) is 14.3 Å². The Kier molecular flexibility index (Phi) is 6.11. The SMILES string of the molecule is COc1ccccc1-c1nccnc1C1CCCN(S(=O)(=O)Cc2ccccc2)C1. The van der Waals surface area contributed by atoms with Crippen LogP contribution in [-0.4, -0.2) is 42.9 Å². The van der Waals surface area contributed by atoms with Crippen LogP contribution in [0.15, 0.2) is 67.0 Å². The summed E-state index contributed by atoms with van der Waals surface area (Å²) < 4.78 is 33.2. The lowest BCUT2D eigenvalue weighted by Crippen LogP contribution is -2.40. The van der Waals surface area contributed by atoms with Crippen LogP contribution in [0.4, 0.5) is 0 Å². The molecule has 0 spiro atoms. The summed E-state index contributed by atoms with van der Waals surface area (Å²) in [5, 5.41) is 0. The van der Waals surface area contributed by atoms with Gasteiger partial charge in [-0.3, -0.25) is 9.97 Å². The number of sulfonamides is 1. The molecule has 1 aliphatic heterocycles. The zero-order valence-corrected chi connectivity index (χ0v) is 17.8. The van der Waals surface area contributed by atoms with Gasteiger partial charge in [0.1, 0.15) is 5.75 Å². The molecule has 1 unspecified atom stereocenters. The number of methoxy groups -OCH3 is 1. The highest BCUT2D eigenvalue weighted by Gasteiger charge is 2.32. The van der Waals surface area contributed by atoms with Crippen LogP contribution in [0, 0.1) is 0 Å². The first-order valence-electron chi connectivity index (χ1n) is 10.0. The van der Waals surface area contributed by atoms with E-state index in [9.17, 15) is 8.42 Å². The third-order valence-corrected chi connectivity index (χ3v) is 7.26. The van der Waals surface area contributed by atoms with Crippen molar-refractivity contribution in [3.8, 4) is 17.0 Å². The average Bonchev–Trinajstić information content (AvgIpc) is 2.79. The topological polar surface area (TPSA) is 72.4 Å². The highest BCUT2D eigenvalue weighted by atomic mass is 32.2. The Morgan fingerprint density at radius 3 is 2.57 bits per heavy atom. The van der Waals surface area contributed by atoms with Crippen LogP contribution < -0.4 is 4.74 Å². The van der Waals surface area contributed by atoms with Crippen LogP contribution in [0.2, 0.25) is 0 Å². The molecule has 0 radical (unpaired) electrons. The van der Waals surface area contributed by atoms with Crippen LogP contribution in [0.25, 0.3) is 11.3 Å². The van der Waals surface area contributed by atoms with Gasteiger partial charge in [0.25, 0.3) is 0 Å². The molecule has 30 heavy (non-hydrogen) atoms. The second-order valence-corrected chi connectivity index (χ2v) is 9.40. The van der Waals surface area contributed by atoms with Gasteiger partial charge >= 0.3 is 0 Å². The maximum absolute atomic E-state index is 13.1. The molecule has 7 heteroatoms. The molecule has 156 valence electrons. The summed E-state index contributed by atoms with van der Waals surface area (Å²) in [4.78, 5) is 9.19. The van der Waals surface area contributed by atoms with Gasteiger partial charge in [-0.15, -0.1) is 0 Å². The highest BCUT2D eigenvalue weighted by Crippen LogP contribution is 2.36. The summed E-state index contributed by atoms with van der Waals surface area (Å²) >= 11 is 0. The lowest BCUT2D eigenvalue weighted by atomic mass is 9.92. The molecule has 1 aliphatic rings. The quantitative estimate of drug-likeness (QED) is 0.602. The predicted molar refractivity (Wildman–Crippen MR) is 117 cm³/mol. The van der Waals surface area contributed by atoms with Gasteiger partial charge in [0.15, 0.2) is 0 Å². The maximum atomic E-state index is 13.1. The first-order chi connectivity index (χ1) is 14.6. The Labute approximate surface area is 177 Å². The van der Waals surface area contributed by atoms with E-state index in [0.717, 1.165) is 41.1 Å². The van der Waals surface area contributed by atoms with Crippen molar-refractivity contribution in [1.29, 1.82) is 0 Å². The summed E-state index contributed by atoms with van der Waals surface area (Å²) in [5.74, 6) is 0.724. The van der Waals surface area contributed by atoms with E-state index in [4.69, 9.17) is 4.74 Å². The van der Waals surface area contributed by atoms with E-state index in [1.54, 1.807) is 23.8 Å². The fourth-order valence-corrected chi connectivity index (χ4v) is 5.60. The van der Waals surface area contributed by atoms with E-state index in [1.165, 1.54) is 0 Å². The molecule has 4 rings (SSSR count). The normalized spacial score (nSPS) is 17.6. The Bertz CT molecular complexity index is 1100. The van der Waals surface area contributed by atoms with Crippen molar-refractivity contribution in [2.24, 2.45) is 0 Å². The lowest BCUT2D eigenvalue weighted by molar-refractivity contribution is 0.312. The molecule has 1 aromatic heterocycles. The smallest absolute Gasteiger partial charge is 0.218 e. The Morgan fingerprint density at radius 2 is 1.77 bits per heavy atom. The van der Waals surface area contributed by atoms with Crippen LogP contribution in [0.3, 0.4) is 0 Å². The number of piperidine rings is 1. The summed E-state index contributed by atoms with van der Waals surface area (Å²) in [6.45, 7) is 0.950. The molecule has 6 nitrogen and oxygen atoms in total. The van der Waals surface area contributed by atoms with Crippen molar-refractivity contribution < 1.29 is 13.2 Å². The third kappa shape index (κ3) is 4.37. The number of aromatic nitrogens is 2. The molecule has 0 aliphatic carbocycles. The Hall–Kier alpha value is -2.77. The lowest BCUT2D eigenvalue weighted by Gasteiger charge is -2.32. The van der Waals surface area contributed by atoms with Crippen LogP contribution in [0.1, 0.15) is 30.0 Å². The van der Waals surface area contributed by atoms with Gasteiger partial charge in [0.05, 0.1) is 24.3 Å². The monoisotopic (exact) mass is 423 g/mol. The highest BCUT2D eigenvalue weighted by molar-refractivity contribution is 7.88. The van der Waals surface area contributed by atoms with E-state index in [1.807, 2.05) is 54.6 Å². The minimum Gasteiger partial charge on any atom is -0.496 e. The molecule has 1 saturated heterocycles. The second kappa shape index (κ2) is 8.93. The number of hydrogen-bond acceptors (Lipinski definition) is 5. The number of hydrogen-bond donors (Lipinski definition) is 0. The minimum absolute atomic E-state index is 0.0143. The minimum atomic E-state index is -3.41. The van der Waals surface area contributed by atoms with E-state index >= 15 is 0 Å². The average molecular weight is 424 g/mol. The summed E-state index contributed by atoms with van der Waals surface area (Å²) in [6, 6.07) is 17.0. The fourth-order valence-electron chi connectivity index (χ4n) is 3.99. The molecule has 0 amide bonds. The molecular weight excluding hydrogens is 398 g/mol. The second-order valence-electron chi connectivity index (χ2n) is 7.43. The van der Waals surface area contributed by atoms with Gasteiger partial charge in [-0.1, -0.05) is 42.5 Å². The molecule has 0 bridgehead atoms. The molecule has 2 aromatic carbocycles. The molecule has 0 saturated carbocycles. The van der Waals surface area contributed by atoms with E-state index in [0.29, 0.717) is 13.1 Å². The number of rotatable bonds is 6. The first kappa shape index (κ1) is 20.5. The molecule has 2 heterocycles. The van der Waals surface area contributed by atoms with Gasteiger partial charge < -0.3 is 4.74 Å². The van der Waals surface area contributed by atoms with Gasteiger partial charge in [0.2, 0.25) is 10.0 Å².